The molecule has 0 aromatic heterocycles. The first-order valence-electron chi connectivity index (χ1n) is 8.17. The van der Waals surface area contributed by atoms with E-state index in [4.69, 9.17) is 9.47 Å². The molecule has 2 amide bonds. The first-order valence-corrected chi connectivity index (χ1v) is 8.17. The maximum Gasteiger partial charge on any atom is 0.408 e. The van der Waals surface area contributed by atoms with Crippen molar-refractivity contribution >= 4 is 18.0 Å². The van der Waals surface area contributed by atoms with Gasteiger partial charge in [0.1, 0.15) is 18.2 Å². The highest BCUT2D eigenvalue weighted by Gasteiger charge is 2.35. The van der Waals surface area contributed by atoms with Crippen molar-refractivity contribution in [2.75, 3.05) is 19.7 Å². The molecule has 1 atom stereocenters. The molecule has 1 N–H and O–H groups in total. The molecule has 0 aromatic rings. The molecule has 0 aromatic carbocycles. The van der Waals surface area contributed by atoms with Crippen LogP contribution in [-0.4, -0.2) is 54.2 Å². The minimum Gasteiger partial charge on any atom is -0.464 e. The largest absolute Gasteiger partial charge is 0.464 e. The Morgan fingerprint density at radius 1 is 1.26 bits per heavy atom. The lowest BCUT2D eigenvalue weighted by Gasteiger charge is -2.24. The number of unbranched alkanes of at least 4 members (excludes halogenated alkanes) is 1. The van der Waals surface area contributed by atoms with Gasteiger partial charge in [0.15, 0.2) is 0 Å². The molecule has 0 spiro atoms. The molecule has 1 aliphatic heterocycles. The Morgan fingerprint density at radius 3 is 2.57 bits per heavy atom. The van der Waals surface area contributed by atoms with Gasteiger partial charge in [0.05, 0.1) is 6.61 Å². The lowest BCUT2D eigenvalue weighted by Crippen LogP contribution is -2.46. The molecule has 1 saturated heterocycles. The number of nitrogens with one attached hydrogen (secondary N) is 1. The molecular weight excluding hydrogens is 300 g/mol. The van der Waals surface area contributed by atoms with Crippen molar-refractivity contribution in [2.45, 2.75) is 65.0 Å². The number of hydrogen-bond donors (Lipinski definition) is 1. The van der Waals surface area contributed by atoms with Crippen LogP contribution in [0.1, 0.15) is 53.4 Å². The Hall–Kier alpha value is -1.79. The number of alkyl carbamates (subject to hydrolysis) is 1. The van der Waals surface area contributed by atoms with Crippen molar-refractivity contribution in [2.24, 2.45) is 0 Å². The maximum absolute atomic E-state index is 12.2. The number of hydrogen-bond acceptors (Lipinski definition) is 5. The van der Waals surface area contributed by atoms with Gasteiger partial charge in [0, 0.05) is 6.54 Å². The second-order valence-electron chi connectivity index (χ2n) is 6.62. The summed E-state index contributed by atoms with van der Waals surface area (Å²) < 4.78 is 10.3. The summed E-state index contributed by atoms with van der Waals surface area (Å²) in [5.41, 5.74) is -0.619. The third-order valence-corrected chi connectivity index (χ3v) is 3.37. The van der Waals surface area contributed by atoms with Crippen LogP contribution in [-0.2, 0) is 19.1 Å². The number of ether oxygens (including phenoxy) is 2. The summed E-state index contributed by atoms with van der Waals surface area (Å²) >= 11 is 0. The van der Waals surface area contributed by atoms with Crippen LogP contribution in [0.15, 0.2) is 0 Å². The molecule has 0 saturated carbocycles. The summed E-state index contributed by atoms with van der Waals surface area (Å²) in [4.78, 5) is 37.3. The molecule has 132 valence electrons. The molecule has 0 radical (unpaired) electrons. The third-order valence-electron chi connectivity index (χ3n) is 3.37. The smallest absolute Gasteiger partial charge is 0.408 e. The Balaban J connectivity index is 2.45. The highest BCUT2D eigenvalue weighted by molar-refractivity contribution is 5.87. The van der Waals surface area contributed by atoms with Crippen molar-refractivity contribution < 1.29 is 23.9 Å². The zero-order valence-corrected chi connectivity index (χ0v) is 14.5. The molecule has 23 heavy (non-hydrogen) atoms. The van der Waals surface area contributed by atoms with E-state index in [1.165, 1.54) is 4.90 Å². The van der Waals surface area contributed by atoms with E-state index in [9.17, 15) is 14.4 Å². The summed E-state index contributed by atoms with van der Waals surface area (Å²) in [5.74, 6) is -0.660. The average molecular weight is 328 g/mol. The van der Waals surface area contributed by atoms with E-state index in [2.05, 4.69) is 5.32 Å². The Morgan fingerprint density at radius 2 is 1.96 bits per heavy atom. The van der Waals surface area contributed by atoms with E-state index in [0.29, 0.717) is 19.6 Å². The average Bonchev–Trinajstić information content (AvgIpc) is 2.92. The van der Waals surface area contributed by atoms with Crippen LogP contribution in [0.5, 0.6) is 0 Å². The third kappa shape index (κ3) is 6.88. The molecule has 1 aliphatic rings. The van der Waals surface area contributed by atoms with E-state index in [-0.39, 0.29) is 18.4 Å². The van der Waals surface area contributed by atoms with Crippen molar-refractivity contribution in [3.8, 4) is 0 Å². The van der Waals surface area contributed by atoms with Gasteiger partial charge in [-0.3, -0.25) is 4.79 Å². The predicted molar refractivity (Wildman–Crippen MR) is 84.8 cm³/mol. The molecule has 1 heterocycles. The normalized spacial score (nSPS) is 17.7. The minimum atomic E-state index is -0.646. The van der Waals surface area contributed by atoms with Gasteiger partial charge < -0.3 is 19.7 Å². The van der Waals surface area contributed by atoms with Crippen molar-refractivity contribution in [1.82, 2.24) is 10.2 Å². The van der Waals surface area contributed by atoms with E-state index in [1.54, 1.807) is 20.8 Å². The molecule has 0 bridgehead atoms. The van der Waals surface area contributed by atoms with E-state index in [1.807, 2.05) is 6.92 Å². The number of rotatable bonds is 6. The van der Waals surface area contributed by atoms with Crippen molar-refractivity contribution in [1.29, 1.82) is 0 Å². The number of carbonyl (C=O) groups excluding carboxylic acids is 3. The number of nitrogens with zero attached hydrogens (tertiary/aromatic N) is 1. The van der Waals surface area contributed by atoms with Gasteiger partial charge >= 0.3 is 12.1 Å². The maximum atomic E-state index is 12.2. The van der Waals surface area contributed by atoms with Crippen LogP contribution in [0.3, 0.4) is 0 Å². The fourth-order valence-electron chi connectivity index (χ4n) is 2.29. The summed E-state index contributed by atoms with van der Waals surface area (Å²) in [7, 11) is 0. The predicted octanol–water partition coefficient (Wildman–Crippen LogP) is 1.85. The highest BCUT2D eigenvalue weighted by Crippen LogP contribution is 2.18. The number of carbonyl (C=O) groups is 3. The zero-order chi connectivity index (χ0) is 17.5. The molecule has 7 heteroatoms. The standard InChI is InChI=1S/C16H28N2O5/c1-5-6-10-22-14(20)12-8-7-9-18(12)13(19)11-17-15(21)23-16(2,3)4/h12H,5-11H2,1-4H3,(H,17,21)/t12-/m0/s1. The fourth-order valence-corrected chi connectivity index (χ4v) is 2.29. The monoisotopic (exact) mass is 328 g/mol. The van der Waals surface area contributed by atoms with E-state index in [0.717, 1.165) is 19.3 Å². The number of likely N-dealkylation sites (tertiary alicyclic amines) is 1. The first-order chi connectivity index (χ1) is 10.7. The van der Waals surface area contributed by atoms with Gasteiger partial charge in [-0.2, -0.15) is 0 Å². The van der Waals surface area contributed by atoms with Crippen LogP contribution < -0.4 is 5.32 Å². The molecule has 1 rings (SSSR count). The van der Waals surface area contributed by atoms with Crippen LogP contribution in [0.4, 0.5) is 4.79 Å². The minimum absolute atomic E-state index is 0.187. The van der Waals surface area contributed by atoms with E-state index < -0.39 is 17.7 Å². The number of amides is 2. The van der Waals surface area contributed by atoms with E-state index >= 15 is 0 Å². The van der Waals surface area contributed by atoms with Crippen LogP contribution in [0, 0.1) is 0 Å². The van der Waals surface area contributed by atoms with Crippen molar-refractivity contribution in [3.05, 3.63) is 0 Å². The lowest BCUT2D eigenvalue weighted by atomic mass is 10.2. The molecule has 1 fully saturated rings. The quantitative estimate of drug-likeness (QED) is 0.594. The molecule has 0 aliphatic carbocycles. The number of esters is 1. The molecular formula is C16H28N2O5. The van der Waals surface area contributed by atoms with Crippen LogP contribution in [0.25, 0.3) is 0 Å². The van der Waals surface area contributed by atoms with Crippen LogP contribution >= 0.6 is 0 Å². The van der Waals surface area contributed by atoms with Gasteiger partial charge in [0.25, 0.3) is 0 Å². The van der Waals surface area contributed by atoms with Gasteiger partial charge in [-0.05, 0) is 40.0 Å². The Kier molecular flexibility index (Phi) is 7.32. The van der Waals surface area contributed by atoms with Crippen LogP contribution in [0.2, 0.25) is 0 Å². The summed E-state index contributed by atoms with van der Waals surface area (Å²) in [6.45, 7) is 7.95. The summed E-state index contributed by atoms with van der Waals surface area (Å²) in [6, 6.07) is -0.542. The fraction of sp³-hybridized carbons (Fsp3) is 0.812. The van der Waals surface area contributed by atoms with Gasteiger partial charge in [-0.1, -0.05) is 13.3 Å². The SMILES string of the molecule is CCCCOC(=O)[C@@H]1CCCN1C(=O)CNC(=O)OC(C)(C)C. The summed E-state index contributed by atoms with van der Waals surface area (Å²) in [6.07, 6.45) is 2.47. The zero-order valence-electron chi connectivity index (χ0n) is 14.5. The highest BCUT2D eigenvalue weighted by atomic mass is 16.6. The van der Waals surface area contributed by atoms with Gasteiger partial charge in [-0.15, -0.1) is 0 Å². The second kappa shape index (κ2) is 8.74. The molecule has 0 unspecified atom stereocenters. The van der Waals surface area contributed by atoms with Gasteiger partial charge in [0.2, 0.25) is 5.91 Å². The summed E-state index contributed by atoms with van der Waals surface area (Å²) in [5, 5.41) is 2.42. The Bertz CT molecular complexity index is 431. The lowest BCUT2D eigenvalue weighted by molar-refractivity contribution is -0.153. The molecule has 7 nitrogen and oxygen atoms in total. The Labute approximate surface area is 137 Å². The topological polar surface area (TPSA) is 84.9 Å². The first kappa shape index (κ1) is 19.3. The second-order valence-corrected chi connectivity index (χ2v) is 6.62. The van der Waals surface area contributed by atoms with Crippen molar-refractivity contribution in [3.63, 3.8) is 0 Å². The van der Waals surface area contributed by atoms with Gasteiger partial charge in [-0.25, -0.2) is 9.59 Å².